The molecule has 0 bridgehead atoms. The molecule has 0 aliphatic heterocycles. The number of alkyl halides is 3. The third-order valence-electron chi connectivity index (χ3n) is 4.02. The molecule has 3 aromatic rings. The van der Waals surface area contributed by atoms with Gasteiger partial charge in [-0.25, -0.2) is 4.79 Å². The summed E-state index contributed by atoms with van der Waals surface area (Å²) in [5.41, 5.74) is -0.242. The van der Waals surface area contributed by atoms with Crippen molar-refractivity contribution in [2.75, 3.05) is 10.6 Å². The molecule has 3 N–H and O–H groups in total. The van der Waals surface area contributed by atoms with Crippen molar-refractivity contribution in [3.63, 3.8) is 0 Å². The van der Waals surface area contributed by atoms with Crippen LogP contribution in [0.1, 0.15) is 26.3 Å². The number of hydrogen-bond acceptors (Lipinski definition) is 3. The van der Waals surface area contributed by atoms with E-state index < -0.39 is 23.6 Å². The van der Waals surface area contributed by atoms with Crippen LogP contribution < -0.4 is 10.6 Å². The summed E-state index contributed by atoms with van der Waals surface area (Å²) in [6.45, 7) is 0. The molecule has 5 nitrogen and oxygen atoms in total. The van der Waals surface area contributed by atoms with Crippen LogP contribution >= 0.6 is 0 Å². The second-order valence-corrected chi connectivity index (χ2v) is 6.09. The average Bonchev–Trinajstić information content (AvgIpc) is 2.69. The zero-order chi connectivity index (χ0) is 21.0. The first-order chi connectivity index (χ1) is 13.7. The number of hydrogen-bond donors (Lipinski definition) is 3. The highest BCUT2D eigenvalue weighted by Crippen LogP contribution is 2.35. The first-order valence-electron chi connectivity index (χ1n) is 8.42. The van der Waals surface area contributed by atoms with Crippen LogP contribution in [0.25, 0.3) is 0 Å². The smallest absolute Gasteiger partial charge is 0.416 e. The van der Waals surface area contributed by atoms with Crippen molar-refractivity contribution in [2.24, 2.45) is 0 Å². The Hall–Kier alpha value is -3.81. The molecule has 0 radical (unpaired) electrons. The van der Waals surface area contributed by atoms with E-state index in [-0.39, 0.29) is 22.6 Å². The van der Waals surface area contributed by atoms with E-state index in [9.17, 15) is 22.8 Å². The highest BCUT2D eigenvalue weighted by molar-refractivity contribution is 6.06. The van der Waals surface area contributed by atoms with E-state index >= 15 is 0 Å². The van der Waals surface area contributed by atoms with Gasteiger partial charge >= 0.3 is 12.1 Å². The molecule has 0 atom stereocenters. The Labute approximate surface area is 163 Å². The third-order valence-corrected chi connectivity index (χ3v) is 4.02. The number of anilines is 3. The summed E-state index contributed by atoms with van der Waals surface area (Å²) in [5, 5.41) is 14.4. The van der Waals surface area contributed by atoms with Gasteiger partial charge in [0.15, 0.2) is 0 Å². The van der Waals surface area contributed by atoms with Crippen molar-refractivity contribution in [3.8, 4) is 0 Å². The molecular weight excluding hydrogens is 385 g/mol. The maximum Gasteiger partial charge on any atom is 0.416 e. The normalized spacial score (nSPS) is 11.0. The summed E-state index contributed by atoms with van der Waals surface area (Å²) >= 11 is 0. The molecule has 148 valence electrons. The number of carbonyl (C=O) groups excluding carboxylic acids is 1. The predicted octanol–water partition coefficient (Wildman–Crippen LogP) is 5.40. The molecule has 0 spiro atoms. The molecule has 0 saturated carbocycles. The standard InChI is InChI=1S/C21H15F3N2O3/c22-21(23,24)15-9-10-17(26-19(27)13-5-2-1-3-6-13)18(12-15)25-16-8-4-7-14(11-16)20(28)29/h1-12,25H,(H,26,27)(H,28,29). The zero-order valence-corrected chi connectivity index (χ0v) is 14.8. The minimum atomic E-state index is -4.58. The van der Waals surface area contributed by atoms with Crippen LogP contribution in [0.15, 0.2) is 72.8 Å². The monoisotopic (exact) mass is 400 g/mol. The highest BCUT2D eigenvalue weighted by atomic mass is 19.4. The molecule has 3 rings (SSSR count). The molecular formula is C21H15F3N2O3. The number of halogens is 3. The van der Waals surface area contributed by atoms with E-state index in [0.29, 0.717) is 5.56 Å². The van der Waals surface area contributed by atoms with Crippen LogP contribution in [-0.2, 0) is 6.18 Å². The largest absolute Gasteiger partial charge is 0.478 e. The molecule has 29 heavy (non-hydrogen) atoms. The lowest BCUT2D eigenvalue weighted by Gasteiger charge is -2.16. The van der Waals surface area contributed by atoms with E-state index in [1.807, 2.05) is 0 Å². The number of carboxylic acid groups (broad SMARTS) is 1. The van der Waals surface area contributed by atoms with Gasteiger partial charge in [-0.2, -0.15) is 13.2 Å². The van der Waals surface area contributed by atoms with Gasteiger partial charge < -0.3 is 15.7 Å². The maximum atomic E-state index is 13.1. The fraction of sp³-hybridized carbons (Fsp3) is 0.0476. The number of nitrogens with one attached hydrogen (secondary N) is 2. The molecule has 0 aliphatic carbocycles. The molecule has 8 heteroatoms. The van der Waals surface area contributed by atoms with Gasteiger partial charge in [0.25, 0.3) is 5.91 Å². The molecule has 0 unspecified atom stereocenters. The van der Waals surface area contributed by atoms with Crippen molar-refractivity contribution in [1.82, 2.24) is 0 Å². The first-order valence-corrected chi connectivity index (χ1v) is 8.42. The number of aromatic carboxylic acids is 1. The topological polar surface area (TPSA) is 78.4 Å². The summed E-state index contributed by atoms with van der Waals surface area (Å²) in [6, 6.07) is 16.7. The molecule has 0 heterocycles. The van der Waals surface area contributed by atoms with E-state index in [1.165, 1.54) is 24.3 Å². The minimum Gasteiger partial charge on any atom is -0.478 e. The maximum absolute atomic E-state index is 13.1. The van der Waals surface area contributed by atoms with Crippen molar-refractivity contribution in [3.05, 3.63) is 89.5 Å². The molecule has 0 aliphatic rings. The number of rotatable bonds is 5. The Bertz CT molecular complexity index is 1050. The Balaban J connectivity index is 1.97. The SMILES string of the molecule is O=C(O)c1cccc(Nc2cc(C(F)(F)F)ccc2NC(=O)c2ccccc2)c1. The lowest BCUT2D eigenvalue weighted by molar-refractivity contribution is -0.137. The van der Waals surface area contributed by atoms with Gasteiger partial charge in [-0.1, -0.05) is 24.3 Å². The van der Waals surface area contributed by atoms with Gasteiger partial charge in [0.1, 0.15) is 0 Å². The summed E-state index contributed by atoms with van der Waals surface area (Å²) in [4.78, 5) is 23.5. The number of amides is 1. The fourth-order valence-corrected chi connectivity index (χ4v) is 2.60. The Morgan fingerprint density at radius 1 is 0.793 bits per heavy atom. The molecule has 0 aromatic heterocycles. The lowest BCUT2D eigenvalue weighted by atomic mass is 10.1. The fourth-order valence-electron chi connectivity index (χ4n) is 2.60. The van der Waals surface area contributed by atoms with Crippen LogP contribution in [0.5, 0.6) is 0 Å². The van der Waals surface area contributed by atoms with E-state index in [4.69, 9.17) is 5.11 Å². The summed E-state index contributed by atoms with van der Waals surface area (Å²) < 4.78 is 39.4. The average molecular weight is 400 g/mol. The second kappa shape index (κ2) is 8.05. The second-order valence-electron chi connectivity index (χ2n) is 6.09. The summed E-state index contributed by atoms with van der Waals surface area (Å²) in [7, 11) is 0. The molecule has 0 saturated heterocycles. The van der Waals surface area contributed by atoms with Crippen molar-refractivity contribution >= 4 is 28.9 Å². The van der Waals surface area contributed by atoms with E-state index in [0.717, 1.165) is 18.2 Å². The van der Waals surface area contributed by atoms with E-state index in [2.05, 4.69) is 10.6 Å². The van der Waals surface area contributed by atoms with Gasteiger partial charge in [-0.3, -0.25) is 4.79 Å². The van der Waals surface area contributed by atoms with Crippen LogP contribution in [-0.4, -0.2) is 17.0 Å². The van der Waals surface area contributed by atoms with Crippen molar-refractivity contribution in [2.45, 2.75) is 6.18 Å². The van der Waals surface area contributed by atoms with Crippen LogP contribution in [0, 0.1) is 0 Å². The van der Waals surface area contributed by atoms with Gasteiger partial charge in [0, 0.05) is 11.3 Å². The number of carbonyl (C=O) groups is 2. The molecule has 3 aromatic carbocycles. The highest BCUT2D eigenvalue weighted by Gasteiger charge is 2.31. The number of carboxylic acids is 1. The Morgan fingerprint density at radius 3 is 2.14 bits per heavy atom. The zero-order valence-electron chi connectivity index (χ0n) is 14.8. The summed E-state index contributed by atoms with van der Waals surface area (Å²) in [5.74, 6) is -1.66. The summed E-state index contributed by atoms with van der Waals surface area (Å²) in [6.07, 6.45) is -4.58. The van der Waals surface area contributed by atoms with Crippen LogP contribution in [0.4, 0.5) is 30.2 Å². The van der Waals surface area contributed by atoms with Gasteiger partial charge in [-0.15, -0.1) is 0 Å². The Morgan fingerprint density at radius 2 is 1.48 bits per heavy atom. The van der Waals surface area contributed by atoms with Gasteiger partial charge in [0.05, 0.1) is 22.5 Å². The van der Waals surface area contributed by atoms with Gasteiger partial charge in [0.2, 0.25) is 0 Å². The van der Waals surface area contributed by atoms with Crippen LogP contribution in [0.2, 0.25) is 0 Å². The molecule has 1 amide bonds. The molecule has 0 fully saturated rings. The Kier molecular flexibility index (Phi) is 5.54. The van der Waals surface area contributed by atoms with Crippen LogP contribution in [0.3, 0.4) is 0 Å². The number of benzene rings is 3. The quantitative estimate of drug-likeness (QED) is 0.536. The minimum absolute atomic E-state index is 0.0216. The third kappa shape index (κ3) is 4.92. The predicted molar refractivity (Wildman–Crippen MR) is 103 cm³/mol. The lowest BCUT2D eigenvalue weighted by Crippen LogP contribution is -2.14. The first kappa shape index (κ1) is 19.9. The van der Waals surface area contributed by atoms with Crippen molar-refractivity contribution in [1.29, 1.82) is 0 Å². The van der Waals surface area contributed by atoms with Crippen molar-refractivity contribution < 1.29 is 27.9 Å². The van der Waals surface area contributed by atoms with E-state index in [1.54, 1.807) is 30.3 Å². The van der Waals surface area contributed by atoms with Gasteiger partial charge in [-0.05, 0) is 48.5 Å².